The molecule has 0 bridgehead atoms. The third-order valence-corrected chi connectivity index (χ3v) is 4.60. The molecule has 1 saturated carbocycles. The third-order valence-electron chi connectivity index (χ3n) is 4.60. The van der Waals surface area contributed by atoms with E-state index in [1.54, 1.807) is 14.2 Å². The SMILES string of the molecule is COc1ccc(CCC(=O)NC2CC(=O)N(C3CC3)C2)cc1OC. The molecule has 24 heavy (non-hydrogen) atoms. The van der Waals surface area contributed by atoms with E-state index in [1.165, 1.54) is 0 Å². The summed E-state index contributed by atoms with van der Waals surface area (Å²) < 4.78 is 10.5. The van der Waals surface area contributed by atoms with Gasteiger partial charge in [-0.25, -0.2) is 0 Å². The van der Waals surface area contributed by atoms with Crippen LogP contribution in [-0.2, 0) is 16.0 Å². The number of hydrogen-bond acceptors (Lipinski definition) is 4. The molecule has 1 aromatic rings. The van der Waals surface area contributed by atoms with Gasteiger partial charge in [0.1, 0.15) is 0 Å². The van der Waals surface area contributed by atoms with E-state index in [0.29, 0.717) is 43.3 Å². The maximum atomic E-state index is 12.2. The molecular weight excluding hydrogens is 308 g/mol. The molecule has 2 aliphatic rings. The fourth-order valence-corrected chi connectivity index (χ4v) is 3.16. The van der Waals surface area contributed by atoms with Crippen LogP contribution in [0.15, 0.2) is 18.2 Å². The second kappa shape index (κ2) is 7.11. The Hall–Kier alpha value is -2.24. The Bertz CT molecular complexity index is 627. The summed E-state index contributed by atoms with van der Waals surface area (Å²) in [5.74, 6) is 1.50. The minimum atomic E-state index is -0.0454. The molecule has 0 spiro atoms. The van der Waals surface area contributed by atoms with Crippen molar-refractivity contribution >= 4 is 11.8 Å². The van der Waals surface area contributed by atoms with E-state index in [2.05, 4.69) is 5.32 Å². The monoisotopic (exact) mass is 332 g/mol. The maximum Gasteiger partial charge on any atom is 0.225 e. The van der Waals surface area contributed by atoms with Crippen LogP contribution >= 0.6 is 0 Å². The number of nitrogens with one attached hydrogen (secondary N) is 1. The molecule has 6 nitrogen and oxygen atoms in total. The van der Waals surface area contributed by atoms with Gasteiger partial charge >= 0.3 is 0 Å². The van der Waals surface area contributed by atoms with Gasteiger partial charge in [0.25, 0.3) is 0 Å². The molecule has 1 aromatic carbocycles. The fraction of sp³-hybridized carbons (Fsp3) is 0.556. The second-order valence-electron chi connectivity index (χ2n) is 6.44. The Morgan fingerprint density at radius 2 is 2.00 bits per heavy atom. The highest BCUT2D eigenvalue weighted by Gasteiger charge is 2.39. The normalized spacial score (nSPS) is 20.2. The molecule has 0 aromatic heterocycles. The topological polar surface area (TPSA) is 67.9 Å². The van der Waals surface area contributed by atoms with Gasteiger partial charge in [-0.2, -0.15) is 0 Å². The van der Waals surface area contributed by atoms with Gasteiger partial charge in [-0.1, -0.05) is 6.07 Å². The van der Waals surface area contributed by atoms with Crippen molar-refractivity contribution in [2.75, 3.05) is 20.8 Å². The van der Waals surface area contributed by atoms with Gasteiger partial charge in [0, 0.05) is 25.4 Å². The van der Waals surface area contributed by atoms with Gasteiger partial charge < -0.3 is 19.7 Å². The minimum absolute atomic E-state index is 0.0137. The van der Waals surface area contributed by atoms with Crippen molar-refractivity contribution < 1.29 is 19.1 Å². The van der Waals surface area contributed by atoms with Crippen molar-refractivity contribution in [2.45, 2.75) is 44.2 Å². The lowest BCUT2D eigenvalue weighted by atomic mass is 10.1. The molecule has 0 radical (unpaired) electrons. The molecule has 1 heterocycles. The summed E-state index contributed by atoms with van der Waals surface area (Å²) in [7, 11) is 3.19. The van der Waals surface area contributed by atoms with E-state index in [-0.39, 0.29) is 17.9 Å². The summed E-state index contributed by atoms with van der Waals surface area (Å²) in [5.41, 5.74) is 1.02. The van der Waals surface area contributed by atoms with Gasteiger partial charge in [0.15, 0.2) is 11.5 Å². The Morgan fingerprint density at radius 1 is 1.25 bits per heavy atom. The van der Waals surface area contributed by atoms with Gasteiger partial charge in [-0.3, -0.25) is 9.59 Å². The Balaban J connectivity index is 1.48. The number of hydrogen-bond donors (Lipinski definition) is 1. The van der Waals surface area contributed by atoms with Crippen molar-refractivity contribution in [1.29, 1.82) is 0 Å². The predicted octanol–water partition coefficient (Wildman–Crippen LogP) is 1.52. The number of carbonyl (C=O) groups is 2. The van der Waals surface area contributed by atoms with Crippen LogP contribution in [-0.4, -0.2) is 49.6 Å². The number of methoxy groups -OCH3 is 2. The van der Waals surface area contributed by atoms with Crippen molar-refractivity contribution in [3.63, 3.8) is 0 Å². The molecule has 2 fully saturated rings. The van der Waals surface area contributed by atoms with Crippen molar-refractivity contribution in [3.8, 4) is 11.5 Å². The quantitative estimate of drug-likeness (QED) is 0.822. The summed E-state index contributed by atoms with van der Waals surface area (Å²) >= 11 is 0. The summed E-state index contributed by atoms with van der Waals surface area (Å²) in [6.45, 7) is 0.658. The summed E-state index contributed by atoms with van der Waals surface area (Å²) in [4.78, 5) is 26.0. The van der Waals surface area contributed by atoms with E-state index >= 15 is 0 Å². The molecule has 1 unspecified atom stereocenters. The Morgan fingerprint density at radius 3 is 2.67 bits per heavy atom. The van der Waals surface area contributed by atoms with Crippen LogP contribution in [0.2, 0.25) is 0 Å². The molecule has 1 saturated heterocycles. The molecule has 1 aliphatic heterocycles. The van der Waals surface area contributed by atoms with Gasteiger partial charge in [0.05, 0.1) is 20.3 Å². The molecule has 3 rings (SSSR count). The van der Waals surface area contributed by atoms with Crippen LogP contribution in [0.25, 0.3) is 0 Å². The molecule has 1 N–H and O–H groups in total. The number of benzene rings is 1. The highest BCUT2D eigenvalue weighted by molar-refractivity contribution is 5.82. The summed E-state index contributed by atoms with van der Waals surface area (Å²) in [6, 6.07) is 6.04. The highest BCUT2D eigenvalue weighted by atomic mass is 16.5. The van der Waals surface area contributed by atoms with Crippen LogP contribution < -0.4 is 14.8 Å². The first-order chi connectivity index (χ1) is 11.6. The fourth-order valence-electron chi connectivity index (χ4n) is 3.16. The van der Waals surface area contributed by atoms with E-state index < -0.39 is 0 Å². The van der Waals surface area contributed by atoms with Gasteiger partial charge in [0.2, 0.25) is 11.8 Å². The molecular formula is C18H24N2O4. The molecule has 6 heteroatoms. The smallest absolute Gasteiger partial charge is 0.225 e. The number of amides is 2. The van der Waals surface area contributed by atoms with E-state index in [9.17, 15) is 9.59 Å². The average Bonchev–Trinajstić information content (AvgIpc) is 3.36. The number of nitrogens with zero attached hydrogens (tertiary/aromatic N) is 1. The third kappa shape index (κ3) is 3.80. The highest BCUT2D eigenvalue weighted by Crippen LogP contribution is 2.31. The van der Waals surface area contributed by atoms with E-state index in [1.807, 2.05) is 23.1 Å². The van der Waals surface area contributed by atoms with Crippen molar-refractivity contribution in [3.05, 3.63) is 23.8 Å². The Labute approximate surface area is 142 Å². The first kappa shape index (κ1) is 16.6. The number of likely N-dealkylation sites (tertiary alicyclic amines) is 1. The van der Waals surface area contributed by atoms with Crippen LogP contribution in [0.1, 0.15) is 31.2 Å². The molecule has 2 amide bonds. The van der Waals surface area contributed by atoms with Crippen LogP contribution in [0, 0.1) is 0 Å². The van der Waals surface area contributed by atoms with Gasteiger partial charge in [-0.05, 0) is 37.0 Å². The number of ether oxygens (including phenoxy) is 2. The zero-order valence-corrected chi connectivity index (χ0v) is 14.2. The number of aryl methyl sites for hydroxylation is 1. The lowest BCUT2D eigenvalue weighted by Gasteiger charge is -2.16. The first-order valence-corrected chi connectivity index (χ1v) is 8.40. The van der Waals surface area contributed by atoms with E-state index in [0.717, 1.165) is 18.4 Å². The maximum absolute atomic E-state index is 12.2. The van der Waals surface area contributed by atoms with Crippen molar-refractivity contribution in [2.24, 2.45) is 0 Å². The molecule has 1 atom stereocenters. The Kier molecular flexibility index (Phi) is 4.92. The molecule has 1 aliphatic carbocycles. The lowest BCUT2D eigenvalue weighted by Crippen LogP contribution is -2.37. The second-order valence-corrected chi connectivity index (χ2v) is 6.44. The van der Waals surface area contributed by atoms with Gasteiger partial charge in [-0.15, -0.1) is 0 Å². The van der Waals surface area contributed by atoms with Crippen LogP contribution in [0.3, 0.4) is 0 Å². The number of carbonyl (C=O) groups excluding carboxylic acids is 2. The van der Waals surface area contributed by atoms with Crippen LogP contribution in [0.5, 0.6) is 11.5 Å². The van der Waals surface area contributed by atoms with E-state index in [4.69, 9.17) is 9.47 Å². The standard InChI is InChI=1S/C18H24N2O4/c1-23-15-7-3-12(9-16(15)24-2)4-8-17(21)19-13-10-18(22)20(11-13)14-5-6-14/h3,7,9,13-14H,4-6,8,10-11H2,1-2H3,(H,19,21). The summed E-state index contributed by atoms with van der Waals surface area (Å²) in [5, 5.41) is 2.99. The van der Waals surface area contributed by atoms with Crippen molar-refractivity contribution in [1.82, 2.24) is 10.2 Å². The zero-order valence-electron chi connectivity index (χ0n) is 14.2. The first-order valence-electron chi connectivity index (χ1n) is 8.40. The summed E-state index contributed by atoms with van der Waals surface area (Å²) in [6.07, 6.45) is 3.65. The molecule has 130 valence electrons. The zero-order chi connectivity index (χ0) is 17.1. The van der Waals surface area contributed by atoms with Crippen LogP contribution in [0.4, 0.5) is 0 Å². The minimum Gasteiger partial charge on any atom is -0.493 e. The predicted molar refractivity (Wildman–Crippen MR) is 89.1 cm³/mol. The largest absolute Gasteiger partial charge is 0.493 e. The number of rotatable bonds is 7. The average molecular weight is 332 g/mol. The lowest BCUT2D eigenvalue weighted by molar-refractivity contribution is -0.128.